The van der Waals surface area contributed by atoms with Gasteiger partial charge in [0.2, 0.25) is 5.91 Å². The van der Waals surface area contributed by atoms with Crippen molar-refractivity contribution in [3.8, 4) is 0 Å². The average molecular weight is 438 g/mol. The molecule has 1 amide bonds. The fourth-order valence-electron chi connectivity index (χ4n) is 3.84. The van der Waals surface area contributed by atoms with E-state index in [1.54, 1.807) is 0 Å². The summed E-state index contributed by atoms with van der Waals surface area (Å²) in [6.45, 7) is 6.16. The van der Waals surface area contributed by atoms with Crippen molar-refractivity contribution in [2.24, 2.45) is 11.7 Å². The maximum Gasteiger partial charge on any atom is 0.222 e. The number of piperidine rings is 1. The summed E-state index contributed by atoms with van der Waals surface area (Å²) in [7, 11) is 0. The number of likely N-dealkylation sites (tertiary alicyclic amines) is 1. The molecule has 6 heteroatoms. The standard InChI is InChI=1S/C23H31N3O.2ClH/c1-18-8-7-13-26(16-18)17-21-12-6-5-11-20(21)15-25-23(27)14-22(24)19-9-3-2-4-10-19;;/h2-6,9-12,18,22H,7-8,13-17,24H2,1H3,(H,25,27);2*1H. The molecule has 3 N–H and O–H groups in total. The van der Waals surface area contributed by atoms with Crippen molar-refractivity contribution in [3.63, 3.8) is 0 Å². The Morgan fingerprint density at radius 2 is 1.76 bits per heavy atom. The molecule has 0 saturated carbocycles. The summed E-state index contributed by atoms with van der Waals surface area (Å²) < 4.78 is 0. The molecule has 29 heavy (non-hydrogen) atoms. The number of nitrogens with zero attached hydrogens (tertiary/aromatic N) is 1. The average Bonchev–Trinajstić information content (AvgIpc) is 2.68. The van der Waals surface area contributed by atoms with E-state index in [4.69, 9.17) is 5.73 Å². The van der Waals surface area contributed by atoms with Crippen molar-refractivity contribution < 1.29 is 4.79 Å². The van der Waals surface area contributed by atoms with Gasteiger partial charge >= 0.3 is 0 Å². The topological polar surface area (TPSA) is 58.4 Å². The molecule has 2 atom stereocenters. The number of carbonyl (C=O) groups excluding carboxylic acids is 1. The monoisotopic (exact) mass is 437 g/mol. The second-order valence-corrected chi connectivity index (χ2v) is 7.75. The normalized spacial score (nSPS) is 17.5. The van der Waals surface area contributed by atoms with E-state index in [2.05, 4.69) is 35.3 Å². The summed E-state index contributed by atoms with van der Waals surface area (Å²) in [5.41, 5.74) is 9.65. The highest BCUT2D eigenvalue weighted by Crippen LogP contribution is 2.20. The molecular formula is C23H33Cl2N3O. The lowest BCUT2D eigenvalue weighted by Crippen LogP contribution is -2.34. The molecule has 0 radical (unpaired) electrons. The molecule has 0 aromatic heterocycles. The molecule has 1 saturated heterocycles. The number of rotatable bonds is 7. The van der Waals surface area contributed by atoms with E-state index >= 15 is 0 Å². The first kappa shape index (κ1) is 25.4. The molecule has 3 rings (SSSR count). The van der Waals surface area contributed by atoms with E-state index in [1.807, 2.05) is 36.4 Å². The summed E-state index contributed by atoms with van der Waals surface area (Å²) in [5, 5.41) is 3.05. The van der Waals surface area contributed by atoms with Crippen LogP contribution in [0.5, 0.6) is 0 Å². The minimum atomic E-state index is -0.267. The SMILES string of the molecule is CC1CCCN(Cc2ccccc2CNC(=O)CC(N)c2ccccc2)C1.Cl.Cl. The number of hydrogen-bond donors (Lipinski definition) is 2. The van der Waals surface area contributed by atoms with Gasteiger partial charge in [-0.3, -0.25) is 9.69 Å². The third kappa shape index (κ3) is 7.98. The van der Waals surface area contributed by atoms with Gasteiger partial charge in [0, 0.05) is 32.1 Å². The lowest BCUT2D eigenvalue weighted by atomic mass is 9.99. The van der Waals surface area contributed by atoms with Gasteiger partial charge in [0.25, 0.3) is 0 Å². The molecule has 2 aromatic carbocycles. The first-order chi connectivity index (χ1) is 13.1. The fourth-order valence-corrected chi connectivity index (χ4v) is 3.84. The number of nitrogens with two attached hydrogens (primary N) is 1. The second kappa shape index (κ2) is 12.9. The molecule has 1 aliphatic heterocycles. The number of nitrogens with one attached hydrogen (secondary N) is 1. The number of hydrogen-bond acceptors (Lipinski definition) is 3. The van der Waals surface area contributed by atoms with Crippen LogP contribution in [0.25, 0.3) is 0 Å². The van der Waals surface area contributed by atoms with Crippen molar-refractivity contribution in [1.82, 2.24) is 10.2 Å². The van der Waals surface area contributed by atoms with Gasteiger partial charge in [0.05, 0.1) is 0 Å². The lowest BCUT2D eigenvalue weighted by Gasteiger charge is -2.31. The maximum absolute atomic E-state index is 12.3. The van der Waals surface area contributed by atoms with Crippen LogP contribution in [-0.2, 0) is 17.9 Å². The largest absolute Gasteiger partial charge is 0.352 e. The molecule has 0 spiro atoms. The Morgan fingerprint density at radius 3 is 2.45 bits per heavy atom. The van der Waals surface area contributed by atoms with E-state index in [-0.39, 0.29) is 36.8 Å². The smallest absolute Gasteiger partial charge is 0.222 e. The Kier molecular flexibility index (Phi) is 11.3. The van der Waals surface area contributed by atoms with Crippen LogP contribution in [-0.4, -0.2) is 23.9 Å². The highest BCUT2D eigenvalue weighted by Gasteiger charge is 2.17. The molecule has 2 aromatic rings. The first-order valence-corrected chi connectivity index (χ1v) is 9.98. The van der Waals surface area contributed by atoms with Gasteiger partial charge < -0.3 is 11.1 Å². The number of halogens is 2. The van der Waals surface area contributed by atoms with E-state index in [9.17, 15) is 4.79 Å². The van der Waals surface area contributed by atoms with Gasteiger partial charge in [0.15, 0.2) is 0 Å². The molecule has 1 aliphatic rings. The zero-order valence-corrected chi connectivity index (χ0v) is 18.7. The van der Waals surface area contributed by atoms with Crippen LogP contribution in [0.2, 0.25) is 0 Å². The molecule has 1 fully saturated rings. The molecule has 1 heterocycles. The van der Waals surface area contributed by atoms with Gasteiger partial charge in [-0.05, 0) is 42.0 Å². The Bertz CT molecular complexity index is 742. The van der Waals surface area contributed by atoms with E-state index in [0.717, 1.165) is 31.1 Å². The van der Waals surface area contributed by atoms with Gasteiger partial charge in [-0.2, -0.15) is 0 Å². The Hall–Kier alpha value is -1.59. The molecule has 0 bridgehead atoms. The Balaban J connectivity index is 0.00000210. The number of carbonyl (C=O) groups is 1. The molecule has 160 valence electrons. The summed E-state index contributed by atoms with van der Waals surface area (Å²) in [6.07, 6.45) is 2.91. The zero-order valence-electron chi connectivity index (χ0n) is 17.0. The van der Waals surface area contributed by atoms with Crippen LogP contribution >= 0.6 is 24.8 Å². The van der Waals surface area contributed by atoms with Crippen molar-refractivity contribution in [1.29, 1.82) is 0 Å². The fraction of sp³-hybridized carbons (Fsp3) is 0.435. The maximum atomic E-state index is 12.3. The third-order valence-electron chi connectivity index (χ3n) is 5.36. The number of benzene rings is 2. The van der Waals surface area contributed by atoms with E-state index in [0.29, 0.717) is 13.0 Å². The highest BCUT2D eigenvalue weighted by atomic mass is 35.5. The van der Waals surface area contributed by atoms with Crippen LogP contribution in [0.3, 0.4) is 0 Å². The molecule has 0 aliphatic carbocycles. The van der Waals surface area contributed by atoms with Gasteiger partial charge in [-0.15, -0.1) is 24.8 Å². The van der Waals surface area contributed by atoms with Gasteiger partial charge in [-0.1, -0.05) is 61.5 Å². The molecule has 4 nitrogen and oxygen atoms in total. The first-order valence-electron chi connectivity index (χ1n) is 9.98. The minimum absolute atomic E-state index is 0. The van der Waals surface area contributed by atoms with Crippen molar-refractivity contribution in [3.05, 3.63) is 71.3 Å². The van der Waals surface area contributed by atoms with Crippen molar-refractivity contribution >= 4 is 30.7 Å². The van der Waals surface area contributed by atoms with Gasteiger partial charge in [0.1, 0.15) is 0 Å². The predicted octanol–water partition coefficient (Wildman–Crippen LogP) is 4.47. The quantitative estimate of drug-likeness (QED) is 0.671. The lowest BCUT2D eigenvalue weighted by molar-refractivity contribution is -0.121. The highest BCUT2D eigenvalue weighted by molar-refractivity contribution is 5.85. The summed E-state index contributed by atoms with van der Waals surface area (Å²) >= 11 is 0. The van der Waals surface area contributed by atoms with E-state index < -0.39 is 0 Å². The summed E-state index contributed by atoms with van der Waals surface area (Å²) in [6, 6.07) is 17.9. The minimum Gasteiger partial charge on any atom is -0.352 e. The Morgan fingerprint density at radius 1 is 1.10 bits per heavy atom. The van der Waals surface area contributed by atoms with Crippen LogP contribution in [0.4, 0.5) is 0 Å². The summed E-state index contributed by atoms with van der Waals surface area (Å²) in [5.74, 6) is 0.762. The zero-order chi connectivity index (χ0) is 19.1. The van der Waals surface area contributed by atoms with Crippen LogP contribution < -0.4 is 11.1 Å². The van der Waals surface area contributed by atoms with Crippen molar-refractivity contribution in [2.45, 2.75) is 45.3 Å². The van der Waals surface area contributed by atoms with Crippen LogP contribution in [0.15, 0.2) is 54.6 Å². The number of amides is 1. The second-order valence-electron chi connectivity index (χ2n) is 7.75. The molecule has 2 unspecified atom stereocenters. The van der Waals surface area contributed by atoms with Crippen LogP contribution in [0, 0.1) is 5.92 Å². The third-order valence-corrected chi connectivity index (χ3v) is 5.36. The Labute approximate surface area is 187 Å². The van der Waals surface area contributed by atoms with Crippen molar-refractivity contribution in [2.75, 3.05) is 13.1 Å². The van der Waals surface area contributed by atoms with E-state index in [1.165, 1.54) is 24.0 Å². The van der Waals surface area contributed by atoms with Gasteiger partial charge in [-0.25, -0.2) is 0 Å². The summed E-state index contributed by atoms with van der Waals surface area (Å²) in [4.78, 5) is 14.9. The van der Waals surface area contributed by atoms with Crippen LogP contribution in [0.1, 0.15) is 48.9 Å². The predicted molar refractivity (Wildman–Crippen MR) is 124 cm³/mol. The molecular weight excluding hydrogens is 405 g/mol.